The van der Waals surface area contributed by atoms with Crippen LogP contribution in [0.1, 0.15) is 48.0 Å². The van der Waals surface area contributed by atoms with Crippen LogP contribution in [-0.2, 0) is 6.54 Å². The summed E-state index contributed by atoms with van der Waals surface area (Å²) in [5, 5.41) is 8.71. The lowest BCUT2D eigenvalue weighted by molar-refractivity contribution is 0.0951. The molecule has 0 atom stereocenters. The Morgan fingerprint density at radius 1 is 1.03 bits per heavy atom. The predicted octanol–water partition coefficient (Wildman–Crippen LogP) is 4.28. The Morgan fingerprint density at radius 2 is 1.73 bits per heavy atom. The van der Waals surface area contributed by atoms with E-state index in [9.17, 15) is 14.0 Å². The van der Waals surface area contributed by atoms with E-state index < -0.39 is 0 Å². The van der Waals surface area contributed by atoms with Gasteiger partial charge in [0.05, 0.1) is 5.56 Å². The van der Waals surface area contributed by atoms with E-state index in [1.54, 1.807) is 24.3 Å². The lowest BCUT2D eigenvalue weighted by Gasteiger charge is -2.23. The van der Waals surface area contributed by atoms with Crippen LogP contribution in [0.5, 0.6) is 0 Å². The number of hydrogen-bond donors (Lipinski definition) is 3. The Labute approximate surface area is 176 Å². The van der Waals surface area contributed by atoms with Gasteiger partial charge in [-0.05, 0) is 48.7 Å². The summed E-state index contributed by atoms with van der Waals surface area (Å²) >= 11 is 0. The number of anilines is 2. The van der Waals surface area contributed by atoms with Gasteiger partial charge in [-0.2, -0.15) is 0 Å². The molecule has 160 valence electrons. The molecule has 0 unspecified atom stereocenters. The van der Waals surface area contributed by atoms with E-state index in [4.69, 9.17) is 0 Å². The monoisotopic (exact) mass is 412 g/mol. The molecule has 0 aromatic heterocycles. The van der Waals surface area contributed by atoms with Crippen molar-refractivity contribution in [1.29, 1.82) is 0 Å². The normalized spacial score (nSPS) is 14.1. The smallest absolute Gasteiger partial charge is 0.319 e. The summed E-state index contributed by atoms with van der Waals surface area (Å²) < 4.78 is 13.1. The van der Waals surface area contributed by atoms with E-state index in [-0.39, 0.29) is 30.3 Å². The fourth-order valence-corrected chi connectivity index (χ4v) is 3.66. The Kier molecular flexibility index (Phi) is 7.27. The van der Waals surface area contributed by atoms with Crippen molar-refractivity contribution in [3.63, 3.8) is 0 Å². The van der Waals surface area contributed by atoms with Gasteiger partial charge in [0.1, 0.15) is 5.82 Å². The van der Waals surface area contributed by atoms with Crippen molar-refractivity contribution in [1.82, 2.24) is 10.6 Å². The first-order chi connectivity index (χ1) is 14.4. The number of benzene rings is 2. The number of halogens is 1. The topological polar surface area (TPSA) is 73.5 Å². The maximum absolute atomic E-state index is 13.1. The molecular formula is C23H29FN4O2. The minimum atomic E-state index is -0.315. The van der Waals surface area contributed by atoms with E-state index in [1.165, 1.54) is 18.6 Å². The number of urea groups is 1. The van der Waals surface area contributed by atoms with Gasteiger partial charge in [0.15, 0.2) is 0 Å². The molecular weight excluding hydrogens is 383 g/mol. The minimum Gasteiger partial charge on any atom is -0.377 e. The largest absolute Gasteiger partial charge is 0.377 e. The van der Waals surface area contributed by atoms with Gasteiger partial charge in [-0.15, -0.1) is 0 Å². The predicted molar refractivity (Wildman–Crippen MR) is 117 cm³/mol. The first-order valence-corrected chi connectivity index (χ1v) is 10.3. The second kappa shape index (κ2) is 10.1. The number of nitrogens with one attached hydrogen (secondary N) is 3. The van der Waals surface area contributed by atoms with Gasteiger partial charge < -0.3 is 20.9 Å². The molecule has 0 heterocycles. The van der Waals surface area contributed by atoms with Crippen LogP contribution in [0.15, 0.2) is 42.5 Å². The second-order valence-corrected chi connectivity index (χ2v) is 7.87. The van der Waals surface area contributed by atoms with Crippen molar-refractivity contribution in [2.75, 3.05) is 24.3 Å². The standard InChI is InChI=1S/C23H29FN4O2/c1-28(2)21-13-12-19(27-23(30)26-18-6-4-3-5-7-18)14-20(21)22(29)25-15-16-8-10-17(24)11-9-16/h8-14,18H,3-7,15H2,1-2H3,(H,25,29)(H2,26,27,30). The van der Waals surface area contributed by atoms with Crippen molar-refractivity contribution in [2.24, 2.45) is 0 Å². The van der Waals surface area contributed by atoms with Gasteiger partial charge in [0, 0.05) is 38.1 Å². The molecule has 7 heteroatoms. The lowest BCUT2D eigenvalue weighted by atomic mass is 9.96. The summed E-state index contributed by atoms with van der Waals surface area (Å²) in [5.41, 5.74) is 2.56. The zero-order valence-corrected chi connectivity index (χ0v) is 17.5. The third-order valence-electron chi connectivity index (χ3n) is 5.29. The van der Waals surface area contributed by atoms with E-state index in [0.717, 1.165) is 36.9 Å². The van der Waals surface area contributed by atoms with Gasteiger partial charge in [-0.25, -0.2) is 9.18 Å². The number of rotatable bonds is 6. The van der Waals surface area contributed by atoms with Crippen LogP contribution < -0.4 is 20.9 Å². The Balaban J connectivity index is 1.67. The quantitative estimate of drug-likeness (QED) is 0.663. The highest BCUT2D eigenvalue weighted by Gasteiger charge is 2.17. The number of hydrogen-bond acceptors (Lipinski definition) is 3. The van der Waals surface area contributed by atoms with Gasteiger partial charge >= 0.3 is 6.03 Å². The second-order valence-electron chi connectivity index (χ2n) is 7.87. The number of nitrogens with zero attached hydrogens (tertiary/aromatic N) is 1. The minimum absolute atomic E-state index is 0.207. The summed E-state index contributed by atoms with van der Waals surface area (Å²) in [6.07, 6.45) is 5.51. The van der Waals surface area contributed by atoms with Crippen molar-refractivity contribution in [3.05, 3.63) is 59.4 Å². The van der Waals surface area contributed by atoms with Crippen LogP contribution in [-0.4, -0.2) is 32.1 Å². The molecule has 3 N–H and O–H groups in total. The molecule has 0 spiro atoms. The molecule has 2 aromatic carbocycles. The average Bonchev–Trinajstić information content (AvgIpc) is 2.73. The molecule has 2 aromatic rings. The summed E-state index contributed by atoms with van der Waals surface area (Å²) in [7, 11) is 3.71. The molecule has 30 heavy (non-hydrogen) atoms. The first kappa shape index (κ1) is 21.6. The fourth-order valence-electron chi connectivity index (χ4n) is 3.66. The lowest BCUT2D eigenvalue weighted by Crippen LogP contribution is -2.39. The van der Waals surface area contributed by atoms with Crippen LogP contribution in [0.4, 0.5) is 20.6 Å². The Bertz CT molecular complexity index is 877. The Morgan fingerprint density at radius 3 is 2.40 bits per heavy atom. The van der Waals surface area contributed by atoms with Gasteiger partial charge in [-0.1, -0.05) is 31.4 Å². The number of carbonyl (C=O) groups is 2. The summed E-state index contributed by atoms with van der Waals surface area (Å²) in [6, 6.07) is 11.2. The van der Waals surface area contributed by atoms with Crippen LogP contribution in [0.3, 0.4) is 0 Å². The molecule has 3 amide bonds. The molecule has 0 radical (unpaired) electrons. The third kappa shape index (κ3) is 5.95. The summed E-state index contributed by atoms with van der Waals surface area (Å²) in [4.78, 5) is 27.0. The van der Waals surface area contributed by atoms with Crippen molar-refractivity contribution < 1.29 is 14.0 Å². The zero-order chi connectivity index (χ0) is 21.5. The molecule has 1 aliphatic rings. The molecule has 1 fully saturated rings. The van der Waals surface area contributed by atoms with Crippen molar-refractivity contribution >= 4 is 23.3 Å². The van der Waals surface area contributed by atoms with Crippen molar-refractivity contribution in [3.8, 4) is 0 Å². The van der Waals surface area contributed by atoms with E-state index in [0.29, 0.717) is 11.3 Å². The van der Waals surface area contributed by atoms with E-state index in [1.807, 2.05) is 25.1 Å². The molecule has 0 bridgehead atoms. The molecule has 1 saturated carbocycles. The van der Waals surface area contributed by atoms with Crippen molar-refractivity contribution in [2.45, 2.75) is 44.7 Å². The van der Waals surface area contributed by atoms with Gasteiger partial charge in [0.25, 0.3) is 5.91 Å². The highest BCUT2D eigenvalue weighted by atomic mass is 19.1. The maximum Gasteiger partial charge on any atom is 0.319 e. The van der Waals surface area contributed by atoms with Crippen LogP contribution in [0.25, 0.3) is 0 Å². The molecule has 3 rings (SSSR count). The van der Waals surface area contributed by atoms with Crippen LogP contribution in [0, 0.1) is 5.82 Å². The average molecular weight is 413 g/mol. The number of amides is 3. The van der Waals surface area contributed by atoms with Crippen LogP contribution in [0.2, 0.25) is 0 Å². The highest BCUT2D eigenvalue weighted by Crippen LogP contribution is 2.23. The molecule has 1 aliphatic carbocycles. The third-order valence-corrected chi connectivity index (χ3v) is 5.29. The summed E-state index contributed by atoms with van der Waals surface area (Å²) in [6.45, 7) is 0.284. The summed E-state index contributed by atoms with van der Waals surface area (Å²) in [5.74, 6) is -0.579. The molecule has 0 aliphatic heterocycles. The van der Waals surface area contributed by atoms with Gasteiger partial charge in [-0.3, -0.25) is 4.79 Å². The van der Waals surface area contributed by atoms with E-state index >= 15 is 0 Å². The SMILES string of the molecule is CN(C)c1ccc(NC(=O)NC2CCCCC2)cc1C(=O)NCc1ccc(F)cc1. The fraction of sp³-hybridized carbons (Fsp3) is 0.391. The molecule has 0 saturated heterocycles. The van der Waals surface area contributed by atoms with Gasteiger partial charge in [0.2, 0.25) is 0 Å². The first-order valence-electron chi connectivity index (χ1n) is 10.3. The Hall–Kier alpha value is -3.09. The highest BCUT2D eigenvalue weighted by molar-refractivity contribution is 6.01. The maximum atomic E-state index is 13.1. The zero-order valence-electron chi connectivity index (χ0n) is 17.5. The van der Waals surface area contributed by atoms with Crippen LogP contribution >= 0.6 is 0 Å². The van der Waals surface area contributed by atoms with E-state index in [2.05, 4.69) is 16.0 Å². The number of carbonyl (C=O) groups excluding carboxylic acids is 2. The molecule has 6 nitrogen and oxygen atoms in total.